The number of likely N-dealkylation sites (tertiary alicyclic amines) is 1. The molecule has 0 bridgehead atoms. The van der Waals surface area contributed by atoms with Crippen LogP contribution in [0.4, 0.5) is 0 Å². The minimum atomic E-state index is 0.332. The fourth-order valence-corrected chi connectivity index (χ4v) is 3.79. The van der Waals surface area contributed by atoms with E-state index in [2.05, 4.69) is 48.1 Å². The number of carbonyl (C=O) groups is 1. The SMILES string of the molecule is C[C@H]1C[C@H](C)CN(C(=O)CCCc2c[nH]c3ccccc23)C1. The van der Waals surface area contributed by atoms with Crippen LogP contribution in [0, 0.1) is 11.8 Å². The molecule has 2 atom stereocenters. The van der Waals surface area contributed by atoms with Crippen LogP contribution >= 0.6 is 0 Å². The number of H-pyrrole nitrogens is 1. The lowest BCUT2D eigenvalue weighted by molar-refractivity contribution is -0.133. The van der Waals surface area contributed by atoms with Crippen molar-refractivity contribution in [1.82, 2.24) is 9.88 Å². The van der Waals surface area contributed by atoms with Gasteiger partial charge in [0.25, 0.3) is 0 Å². The largest absolute Gasteiger partial charge is 0.361 e. The molecule has 118 valence electrons. The summed E-state index contributed by atoms with van der Waals surface area (Å²) in [5.41, 5.74) is 2.51. The number of rotatable bonds is 4. The van der Waals surface area contributed by atoms with Gasteiger partial charge in [0.2, 0.25) is 5.91 Å². The number of carbonyl (C=O) groups excluding carboxylic acids is 1. The maximum Gasteiger partial charge on any atom is 0.222 e. The number of hydrogen-bond donors (Lipinski definition) is 1. The van der Waals surface area contributed by atoms with Crippen LogP contribution in [0.15, 0.2) is 30.5 Å². The first-order valence-electron chi connectivity index (χ1n) is 8.46. The van der Waals surface area contributed by atoms with Gasteiger partial charge >= 0.3 is 0 Å². The standard InChI is InChI=1S/C19H26N2O/c1-14-10-15(2)13-21(12-14)19(22)9-5-6-16-11-20-18-8-4-3-7-17(16)18/h3-4,7-8,11,14-15,20H,5-6,9-10,12-13H2,1-2H3/t14-,15-/m0/s1. The van der Waals surface area contributed by atoms with E-state index in [9.17, 15) is 4.79 Å². The molecule has 1 amide bonds. The average Bonchev–Trinajstić information content (AvgIpc) is 2.90. The van der Waals surface area contributed by atoms with Gasteiger partial charge in [-0.05, 0) is 42.7 Å². The summed E-state index contributed by atoms with van der Waals surface area (Å²) >= 11 is 0. The fourth-order valence-electron chi connectivity index (χ4n) is 3.79. The molecule has 0 spiro atoms. The van der Waals surface area contributed by atoms with Gasteiger partial charge in [0.1, 0.15) is 0 Å². The Morgan fingerprint density at radius 1 is 1.23 bits per heavy atom. The van der Waals surface area contributed by atoms with Gasteiger partial charge in [0.05, 0.1) is 0 Å². The molecule has 1 N–H and O–H groups in total. The van der Waals surface area contributed by atoms with E-state index in [1.807, 2.05) is 6.07 Å². The van der Waals surface area contributed by atoms with E-state index in [1.165, 1.54) is 22.9 Å². The van der Waals surface area contributed by atoms with Crippen LogP contribution in [0.5, 0.6) is 0 Å². The van der Waals surface area contributed by atoms with Gasteiger partial charge in [0, 0.05) is 36.6 Å². The van der Waals surface area contributed by atoms with E-state index in [0.29, 0.717) is 24.2 Å². The molecule has 3 rings (SSSR count). The van der Waals surface area contributed by atoms with Gasteiger partial charge in [0.15, 0.2) is 0 Å². The summed E-state index contributed by atoms with van der Waals surface area (Å²) in [5, 5.41) is 1.29. The Morgan fingerprint density at radius 3 is 2.73 bits per heavy atom. The normalized spacial score (nSPS) is 22.2. The lowest BCUT2D eigenvalue weighted by Gasteiger charge is -2.35. The van der Waals surface area contributed by atoms with E-state index in [4.69, 9.17) is 0 Å². The molecule has 22 heavy (non-hydrogen) atoms. The van der Waals surface area contributed by atoms with Gasteiger partial charge in [-0.1, -0.05) is 32.0 Å². The summed E-state index contributed by atoms with van der Waals surface area (Å²) in [6, 6.07) is 8.36. The second-order valence-corrected chi connectivity index (χ2v) is 6.96. The first-order chi connectivity index (χ1) is 10.6. The summed E-state index contributed by atoms with van der Waals surface area (Å²) in [5.74, 6) is 1.61. The molecule has 1 saturated heterocycles. The molecule has 1 fully saturated rings. The van der Waals surface area contributed by atoms with Crippen molar-refractivity contribution in [2.24, 2.45) is 11.8 Å². The number of aryl methyl sites for hydroxylation is 1. The summed E-state index contributed by atoms with van der Waals surface area (Å²) in [7, 11) is 0. The van der Waals surface area contributed by atoms with Crippen LogP contribution < -0.4 is 0 Å². The number of nitrogens with one attached hydrogen (secondary N) is 1. The Labute approximate surface area is 132 Å². The molecule has 2 heterocycles. The second kappa shape index (κ2) is 6.55. The minimum absolute atomic E-state index is 0.332. The van der Waals surface area contributed by atoms with Crippen molar-refractivity contribution < 1.29 is 4.79 Å². The van der Waals surface area contributed by atoms with E-state index < -0.39 is 0 Å². The number of aromatic amines is 1. The van der Waals surface area contributed by atoms with E-state index in [1.54, 1.807) is 0 Å². The molecule has 1 aromatic heterocycles. The van der Waals surface area contributed by atoms with Crippen molar-refractivity contribution in [2.45, 2.75) is 39.5 Å². The maximum atomic E-state index is 12.4. The van der Waals surface area contributed by atoms with E-state index in [0.717, 1.165) is 25.9 Å². The monoisotopic (exact) mass is 298 g/mol. The van der Waals surface area contributed by atoms with Crippen LogP contribution in [-0.4, -0.2) is 28.9 Å². The Bertz CT molecular complexity index is 636. The number of aromatic nitrogens is 1. The Morgan fingerprint density at radius 2 is 1.95 bits per heavy atom. The molecular weight excluding hydrogens is 272 g/mol. The number of fused-ring (bicyclic) bond motifs is 1. The third-order valence-corrected chi connectivity index (χ3v) is 4.73. The number of piperidine rings is 1. The van der Waals surface area contributed by atoms with E-state index >= 15 is 0 Å². The quantitative estimate of drug-likeness (QED) is 0.910. The van der Waals surface area contributed by atoms with Crippen molar-refractivity contribution in [3.05, 3.63) is 36.0 Å². The Kier molecular flexibility index (Phi) is 4.51. The average molecular weight is 298 g/mol. The van der Waals surface area contributed by atoms with Gasteiger partial charge in [-0.2, -0.15) is 0 Å². The second-order valence-electron chi connectivity index (χ2n) is 6.96. The molecule has 0 aliphatic carbocycles. The lowest BCUT2D eigenvalue weighted by Crippen LogP contribution is -2.42. The van der Waals surface area contributed by atoms with E-state index in [-0.39, 0.29) is 0 Å². The molecule has 3 heteroatoms. The smallest absolute Gasteiger partial charge is 0.222 e. The molecular formula is C19H26N2O. The molecule has 2 aromatic rings. The minimum Gasteiger partial charge on any atom is -0.361 e. The molecule has 0 radical (unpaired) electrons. The maximum absolute atomic E-state index is 12.4. The Hall–Kier alpha value is -1.77. The van der Waals surface area contributed by atoms with Crippen LogP contribution in [0.3, 0.4) is 0 Å². The zero-order chi connectivity index (χ0) is 15.5. The van der Waals surface area contributed by atoms with Crippen molar-refractivity contribution >= 4 is 16.8 Å². The number of para-hydroxylation sites is 1. The number of hydrogen-bond acceptors (Lipinski definition) is 1. The Balaban J connectivity index is 1.53. The van der Waals surface area contributed by atoms with Gasteiger partial charge in [-0.25, -0.2) is 0 Å². The third-order valence-electron chi connectivity index (χ3n) is 4.73. The first-order valence-corrected chi connectivity index (χ1v) is 8.46. The highest BCUT2D eigenvalue weighted by Crippen LogP contribution is 2.23. The van der Waals surface area contributed by atoms with Gasteiger partial charge in [-0.3, -0.25) is 4.79 Å². The molecule has 0 saturated carbocycles. The summed E-state index contributed by atoms with van der Waals surface area (Å²) < 4.78 is 0. The predicted molar refractivity (Wildman–Crippen MR) is 90.8 cm³/mol. The zero-order valence-corrected chi connectivity index (χ0v) is 13.6. The number of benzene rings is 1. The highest BCUT2D eigenvalue weighted by atomic mass is 16.2. The number of amides is 1. The summed E-state index contributed by atoms with van der Waals surface area (Å²) in [4.78, 5) is 17.8. The summed E-state index contributed by atoms with van der Waals surface area (Å²) in [6.45, 7) is 6.39. The van der Waals surface area contributed by atoms with Crippen molar-refractivity contribution in [3.8, 4) is 0 Å². The summed E-state index contributed by atoms with van der Waals surface area (Å²) in [6.07, 6.45) is 5.90. The molecule has 3 nitrogen and oxygen atoms in total. The highest BCUT2D eigenvalue weighted by Gasteiger charge is 2.24. The van der Waals surface area contributed by atoms with Crippen molar-refractivity contribution in [2.75, 3.05) is 13.1 Å². The van der Waals surface area contributed by atoms with Crippen LogP contribution in [0.2, 0.25) is 0 Å². The number of nitrogens with zero attached hydrogens (tertiary/aromatic N) is 1. The van der Waals surface area contributed by atoms with Gasteiger partial charge < -0.3 is 9.88 Å². The molecule has 1 aliphatic rings. The van der Waals surface area contributed by atoms with Crippen molar-refractivity contribution in [3.63, 3.8) is 0 Å². The van der Waals surface area contributed by atoms with Gasteiger partial charge in [-0.15, -0.1) is 0 Å². The van der Waals surface area contributed by atoms with Crippen LogP contribution in [0.25, 0.3) is 10.9 Å². The molecule has 1 aromatic carbocycles. The lowest BCUT2D eigenvalue weighted by atomic mass is 9.91. The van der Waals surface area contributed by atoms with Crippen LogP contribution in [0.1, 0.15) is 38.7 Å². The predicted octanol–water partition coefficient (Wildman–Crippen LogP) is 4.00. The third kappa shape index (κ3) is 3.34. The topological polar surface area (TPSA) is 36.1 Å². The zero-order valence-electron chi connectivity index (χ0n) is 13.6. The van der Waals surface area contributed by atoms with Crippen molar-refractivity contribution in [1.29, 1.82) is 0 Å². The first kappa shape index (κ1) is 15.1. The fraction of sp³-hybridized carbons (Fsp3) is 0.526. The van der Waals surface area contributed by atoms with Crippen LogP contribution in [-0.2, 0) is 11.2 Å². The highest BCUT2D eigenvalue weighted by molar-refractivity contribution is 5.83. The molecule has 1 aliphatic heterocycles. The molecule has 0 unspecified atom stereocenters.